The number of nitrogens with one attached hydrogen (secondary N) is 2. The van der Waals surface area contributed by atoms with Crippen LogP contribution in [0.15, 0.2) is 48.9 Å². The average molecular weight is 364 g/mol. The molecule has 2 N–H and O–H groups in total. The molecule has 2 amide bonds. The number of rotatable bonds is 5. The van der Waals surface area contributed by atoms with Crippen molar-refractivity contribution in [3.63, 3.8) is 0 Å². The molecule has 3 aromatic rings. The first-order chi connectivity index (χ1) is 12.8. The second kappa shape index (κ2) is 7.23. The lowest BCUT2D eigenvalue weighted by Gasteiger charge is -2.31. The fourth-order valence-corrected chi connectivity index (χ4v) is 3.27. The monoisotopic (exact) mass is 364 g/mol. The van der Waals surface area contributed by atoms with E-state index in [0.29, 0.717) is 23.4 Å². The van der Waals surface area contributed by atoms with Gasteiger partial charge in [0.05, 0.1) is 22.4 Å². The van der Waals surface area contributed by atoms with Crippen LogP contribution in [0.1, 0.15) is 40.3 Å². The van der Waals surface area contributed by atoms with Crippen molar-refractivity contribution < 1.29 is 9.59 Å². The fourth-order valence-electron chi connectivity index (χ4n) is 3.27. The van der Waals surface area contributed by atoms with E-state index >= 15 is 0 Å². The van der Waals surface area contributed by atoms with Gasteiger partial charge in [-0.3, -0.25) is 14.6 Å². The molecule has 0 spiro atoms. The number of benzene rings is 1. The van der Waals surface area contributed by atoms with Crippen LogP contribution in [0.3, 0.4) is 0 Å². The molecule has 27 heavy (non-hydrogen) atoms. The van der Waals surface area contributed by atoms with Gasteiger partial charge < -0.3 is 15.2 Å². The summed E-state index contributed by atoms with van der Waals surface area (Å²) in [6.45, 7) is 6.00. The van der Waals surface area contributed by atoms with E-state index in [1.54, 1.807) is 36.6 Å². The molecule has 6 nitrogen and oxygen atoms in total. The summed E-state index contributed by atoms with van der Waals surface area (Å²) in [5, 5.41) is 4.79. The number of hydrogen-bond donors (Lipinski definition) is 2. The number of aromatic amines is 1. The normalized spacial score (nSPS) is 11.4. The Hall–Kier alpha value is -3.15. The Morgan fingerprint density at radius 2 is 1.96 bits per heavy atom. The molecular weight excluding hydrogens is 340 g/mol. The molecule has 2 heterocycles. The molecule has 0 unspecified atom stereocenters. The van der Waals surface area contributed by atoms with Gasteiger partial charge in [-0.1, -0.05) is 24.3 Å². The lowest BCUT2D eigenvalue weighted by molar-refractivity contribution is 0.0731. The van der Waals surface area contributed by atoms with Crippen LogP contribution in [0, 0.1) is 6.92 Å². The highest BCUT2D eigenvalue weighted by atomic mass is 16.2. The standard InChI is InChI=1S/C21H24N4O2/c1-14-18(17-8-6-5-7-15(17)12-23-14)20(27)25(4)13-21(2,3)24-19(26)16-9-10-22-11-16/h5-12,22H,13H2,1-4H3,(H,24,26). The van der Waals surface area contributed by atoms with E-state index in [9.17, 15) is 9.59 Å². The third-order valence-corrected chi connectivity index (χ3v) is 4.49. The molecule has 2 aromatic heterocycles. The number of likely N-dealkylation sites (N-methyl/N-ethyl adjacent to an activating group) is 1. The molecule has 0 aliphatic rings. The van der Waals surface area contributed by atoms with Gasteiger partial charge in [0.1, 0.15) is 0 Å². The maximum atomic E-state index is 13.1. The van der Waals surface area contributed by atoms with Crippen molar-refractivity contribution in [2.24, 2.45) is 0 Å². The molecule has 1 aromatic carbocycles. The van der Waals surface area contributed by atoms with Crippen LogP contribution in [0.2, 0.25) is 0 Å². The Labute approximate surface area is 158 Å². The summed E-state index contributed by atoms with van der Waals surface area (Å²) in [7, 11) is 1.74. The van der Waals surface area contributed by atoms with Gasteiger partial charge in [0.15, 0.2) is 0 Å². The largest absolute Gasteiger partial charge is 0.367 e. The van der Waals surface area contributed by atoms with Gasteiger partial charge in [-0.25, -0.2) is 0 Å². The van der Waals surface area contributed by atoms with E-state index in [4.69, 9.17) is 0 Å². The predicted octanol–water partition coefficient (Wildman–Crippen LogP) is 3.15. The zero-order valence-electron chi connectivity index (χ0n) is 16.0. The van der Waals surface area contributed by atoms with Crippen LogP contribution in [0.25, 0.3) is 10.8 Å². The molecule has 0 aliphatic heterocycles. The SMILES string of the molecule is Cc1ncc2ccccc2c1C(=O)N(C)CC(C)(C)NC(=O)c1cc[nH]c1. The number of amides is 2. The summed E-state index contributed by atoms with van der Waals surface area (Å²) < 4.78 is 0. The van der Waals surface area contributed by atoms with Gasteiger partial charge in [0.2, 0.25) is 0 Å². The first-order valence-corrected chi connectivity index (χ1v) is 8.83. The maximum absolute atomic E-state index is 13.1. The third kappa shape index (κ3) is 4.00. The molecule has 0 atom stereocenters. The molecule has 0 bridgehead atoms. The minimum absolute atomic E-state index is 0.110. The van der Waals surface area contributed by atoms with Crippen molar-refractivity contribution in [2.45, 2.75) is 26.3 Å². The number of nitrogens with zero attached hydrogens (tertiary/aromatic N) is 2. The Morgan fingerprint density at radius 3 is 2.67 bits per heavy atom. The van der Waals surface area contributed by atoms with E-state index in [2.05, 4.69) is 15.3 Å². The number of carbonyl (C=O) groups is 2. The van der Waals surface area contributed by atoms with Gasteiger partial charge in [-0.2, -0.15) is 0 Å². The zero-order chi connectivity index (χ0) is 19.6. The summed E-state index contributed by atoms with van der Waals surface area (Å²) in [4.78, 5) is 34.3. The number of hydrogen-bond acceptors (Lipinski definition) is 3. The Balaban J connectivity index is 1.80. The van der Waals surface area contributed by atoms with Crippen molar-refractivity contribution in [1.82, 2.24) is 20.2 Å². The quantitative estimate of drug-likeness (QED) is 0.730. The molecule has 140 valence electrons. The van der Waals surface area contributed by atoms with Crippen molar-refractivity contribution in [2.75, 3.05) is 13.6 Å². The number of aryl methyl sites for hydroxylation is 1. The Morgan fingerprint density at radius 1 is 1.22 bits per heavy atom. The maximum Gasteiger partial charge on any atom is 0.256 e. The Bertz CT molecular complexity index is 977. The molecule has 0 saturated carbocycles. The van der Waals surface area contributed by atoms with E-state index in [1.165, 1.54) is 0 Å². The second-order valence-corrected chi connectivity index (χ2v) is 7.40. The van der Waals surface area contributed by atoms with Crippen molar-refractivity contribution in [1.29, 1.82) is 0 Å². The zero-order valence-corrected chi connectivity index (χ0v) is 16.0. The van der Waals surface area contributed by atoms with Gasteiger partial charge in [-0.05, 0) is 32.2 Å². The fraction of sp³-hybridized carbons (Fsp3) is 0.286. The van der Waals surface area contributed by atoms with Crippen LogP contribution in [-0.4, -0.2) is 45.8 Å². The summed E-state index contributed by atoms with van der Waals surface area (Å²) in [6, 6.07) is 9.44. The van der Waals surface area contributed by atoms with Gasteiger partial charge >= 0.3 is 0 Å². The van der Waals surface area contributed by atoms with Crippen molar-refractivity contribution in [3.05, 3.63) is 65.7 Å². The van der Waals surface area contributed by atoms with E-state index < -0.39 is 5.54 Å². The first kappa shape index (κ1) is 18.6. The van der Waals surface area contributed by atoms with Gasteiger partial charge in [0, 0.05) is 37.6 Å². The second-order valence-electron chi connectivity index (χ2n) is 7.40. The van der Waals surface area contributed by atoms with Crippen LogP contribution in [0.4, 0.5) is 0 Å². The minimum atomic E-state index is -0.593. The van der Waals surface area contributed by atoms with Crippen LogP contribution in [0.5, 0.6) is 0 Å². The van der Waals surface area contributed by atoms with Gasteiger partial charge in [0.25, 0.3) is 11.8 Å². The van der Waals surface area contributed by atoms with Crippen LogP contribution in [-0.2, 0) is 0 Å². The lowest BCUT2D eigenvalue weighted by atomic mass is 10.0. The van der Waals surface area contributed by atoms with Crippen molar-refractivity contribution >= 4 is 22.6 Å². The molecule has 3 rings (SSSR count). The number of H-pyrrole nitrogens is 1. The summed E-state index contributed by atoms with van der Waals surface area (Å²) in [5.41, 5.74) is 1.26. The lowest BCUT2D eigenvalue weighted by Crippen LogP contribution is -2.51. The molecule has 6 heteroatoms. The number of fused-ring (bicyclic) bond motifs is 1. The molecule has 0 aliphatic carbocycles. The number of aromatic nitrogens is 2. The van der Waals surface area contributed by atoms with Crippen LogP contribution >= 0.6 is 0 Å². The third-order valence-electron chi connectivity index (χ3n) is 4.49. The summed E-state index contributed by atoms with van der Waals surface area (Å²) in [5.74, 6) is -0.286. The highest BCUT2D eigenvalue weighted by molar-refractivity contribution is 6.07. The summed E-state index contributed by atoms with van der Waals surface area (Å²) in [6.07, 6.45) is 5.13. The smallest absolute Gasteiger partial charge is 0.256 e. The first-order valence-electron chi connectivity index (χ1n) is 8.83. The Kier molecular flexibility index (Phi) is 4.99. The van der Waals surface area contributed by atoms with E-state index in [-0.39, 0.29) is 11.8 Å². The van der Waals surface area contributed by atoms with Crippen LogP contribution < -0.4 is 5.32 Å². The topological polar surface area (TPSA) is 78.1 Å². The number of pyridine rings is 1. The highest BCUT2D eigenvalue weighted by Gasteiger charge is 2.27. The van der Waals surface area contributed by atoms with Gasteiger partial charge in [-0.15, -0.1) is 0 Å². The highest BCUT2D eigenvalue weighted by Crippen LogP contribution is 2.22. The number of carbonyl (C=O) groups excluding carboxylic acids is 2. The summed E-state index contributed by atoms with van der Waals surface area (Å²) >= 11 is 0. The molecule has 0 saturated heterocycles. The minimum Gasteiger partial charge on any atom is -0.367 e. The molecule has 0 fully saturated rings. The van der Waals surface area contributed by atoms with Crippen molar-refractivity contribution in [3.8, 4) is 0 Å². The van der Waals surface area contributed by atoms with E-state index in [1.807, 2.05) is 45.0 Å². The molecular formula is C21H24N4O2. The average Bonchev–Trinajstić information content (AvgIpc) is 3.15. The van der Waals surface area contributed by atoms with E-state index in [0.717, 1.165) is 10.8 Å². The predicted molar refractivity (Wildman–Crippen MR) is 106 cm³/mol. The molecule has 0 radical (unpaired) electrons.